The highest BCUT2D eigenvalue weighted by molar-refractivity contribution is 7.21. The van der Waals surface area contributed by atoms with Crippen LogP contribution >= 0.6 is 11.3 Å². The van der Waals surface area contributed by atoms with Crippen LogP contribution < -0.4 is 5.36 Å². The summed E-state index contributed by atoms with van der Waals surface area (Å²) in [7, 11) is 0. The van der Waals surface area contributed by atoms with Crippen molar-refractivity contribution >= 4 is 27.2 Å². The van der Waals surface area contributed by atoms with E-state index < -0.39 is 0 Å². The number of hydrogen-bond acceptors (Lipinski definition) is 4. The van der Waals surface area contributed by atoms with E-state index in [4.69, 9.17) is 10.8 Å². The third kappa shape index (κ3) is 1.65. The van der Waals surface area contributed by atoms with Crippen molar-refractivity contribution < 1.29 is 0 Å². The van der Waals surface area contributed by atoms with Crippen LogP contribution in [-0.2, 0) is 0 Å². The van der Waals surface area contributed by atoms with Crippen LogP contribution in [0.15, 0.2) is 36.4 Å². The van der Waals surface area contributed by atoms with Crippen LogP contribution in [0.2, 0.25) is 0 Å². The summed E-state index contributed by atoms with van der Waals surface area (Å²) < 4.78 is 0.943. The monoisotopic (exact) mass is 239 g/mol. The third-order valence-electron chi connectivity index (χ3n) is 2.48. The van der Waals surface area contributed by atoms with E-state index in [-0.39, 0.29) is 0 Å². The molecular formula is C12H7N4S+. The molecule has 17 heavy (non-hydrogen) atoms. The smallest absolute Gasteiger partial charge is 0.301 e. The number of aromatic nitrogens is 1. The number of fused-ring (bicyclic) bond motifs is 2. The summed E-state index contributed by atoms with van der Waals surface area (Å²) in [5.74, 6) is 0. The highest BCUT2D eigenvalue weighted by atomic mass is 32.1. The zero-order valence-electron chi connectivity index (χ0n) is 8.71. The highest BCUT2D eigenvalue weighted by Gasteiger charge is 2.10. The fourth-order valence-corrected chi connectivity index (χ4v) is 2.71. The molecule has 1 aromatic carbocycles. The van der Waals surface area contributed by atoms with E-state index in [0.717, 1.165) is 20.8 Å². The molecule has 0 saturated heterocycles. The molecule has 1 heterocycles. The van der Waals surface area contributed by atoms with Gasteiger partial charge in [-0.25, -0.2) is 4.98 Å². The van der Waals surface area contributed by atoms with Gasteiger partial charge in [-0.2, -0.15) is 0 Å². The lowest BCUT2D eigenvalue weighted by molar-refractivity contribution is 1.27. The van der Waals surface area contributed by atoms with Gasteiger partial charge < -0.3 is 5.41 Å². The fraction of sp³-hybridized carbons (Fsp3) is 0. The van der Waals surface area contributed by atoms with Gasteiger partial charge in [0.1, 0.15) is 0 Å². The van der Waals surface area contributed by atoms with Gasteiger partial charge in [-0.3, -0.25) is 0 Å². The first-order valence-electron chi connectivity index (χ1n) is 5.01. The zero-order valence-corrected chi connectivity index (χ0v) is 9.53. The van der Waals surface area contributed by atoms with Gasteiger partial charge in [0.25, 0.3) is 0 Å². The summed E-state index contributed by atoms with van der Waals surface area (Å²) in [5.41, 5.74) is 2.26. The Hall–Kier alpha value is -2.32. The molecule has 0 amide bonds. The second kappa shape index (κ2) is 3.61. The number of nitrogens with zero attached hydrogens (tertiary/aromatic N) is 3. The summed E-state index contributed by atoms with van der Waals surface area (Å²) >= 11 is 1.54. The Kier molecular flexibility index (Phi) is 2.10. The molecule has 1 aromatic rings. The summed E-state index contributed by atoms with van der Waals surface area (Å²) in [4.78, 5) is 8.62. The number of nitrogens with one attached hydrogen (secondary N) is 1. The molecule has 4 nitrogen and oxygen atoms in total. The number of diazo groups is 1. The van der Waals surface area contributed by atoms with Crippen LogP contribution in [0, 0.1) is 10.8 Å². The molecule has 2 aliphatic rings. The van der Waals surface area contributed by atoms with Crippen molar-refractivity contribution in [3.8, 4) is 10.6 Å². The molecule has 80 valence electrons. The highest BCUT2D eigenvalue weighted by Crippen LogP contribution is 2.31. The molecule has 0 aromatic heterocycles. The summed E-state index contributed by atoms with van der Waals surface area (Å²) in [5, 5.41) is 16.8. The predicted octanol–water partition coefficient (Wildman–Crippen LogP) is 3.37. The molecule has 0 fully saturated rings. The van der Waals surface area contributed by atoms with Gasteiger partial charge in [-0.15, -0.1) is 11.3 Å². The lowest BCUT2D eigenvalue weighted by Gasteiger charge is -2.04. The Morgan fingerprint density at radius 3 is 2.88 bits per heavy atom. The maximum atomic E-state index is 8.73. The molecule has 3 rings (SSSR count). The van der Waals surface area contributed by atoms with Crippen LogP contribution in [0.4, 0.5) is 5.69 Å². The van der Waals surface area contributed by atoms with Crippen molar-refractivity contribution in [2.75, 3.05) is 0 Å². The molecule has 5 heteroatoms. The minimum Gasteiger partial charge on any atom is -0.301 e. The van der Waals surface area contributed by atoms with Gasteiger partial charge in [-0.05, 0) is 24.3 Å². The first-order chi connectivity index (χ1) is 8.26. The van der Waals surface area contributed by atoms with Gasteiger partial charge in [-0.1, -0.05) is 0 Å². The summed E-state index contributed by atoms with van der Waals surface area (Å²) in [6.07, 6.45) is 0. The quantitative estimate of drug-likeness (QED) is 0.483. The van der Waals surface area contributed by atoms with Gasteiger partial charge >= 0.3 is 5.69 Å². The third-order valence-corrected chi connectivity index (χ3v) is 3.57. The molecular weight excluding hydrogens is 232 g/mol. The number of hydrogen-bond donors (Lipinski definition) is 1. The van der Waals surface area contributed by atoms with Crippen LogP contribution in [0.5, 0.6) is 0 Å². The average Bonchev–Trinajstić information content (AvgIpc) is 2.35. The minimum atomic E-state index is 0.470. The van der Waals surface area contributed by atoms with Crippen molar-refractivity contribution in [3.63, 3.8) is 0 Å². The Labute approximate surface area is 101 Å². The molecule has 1 N–H and O–H groups in total. The SMILES string of the molecule is N#[N+]c1ccc2nc3ccc(=N)cc-3sc2c1. The topological polar surface area (TPSA) is 64.9 Å². The second-order valence-electron chi connectivity index (χ2n) is 3.65. The van der Waals surface area contributed by atoms with Gasteiger partial charge in [0, 0.05) is 6.07 Å². The zero-order chi connectivity index (χ0) is 11.8. The number of benzene rings is 2. The molecule has 0 bridgehead atoms. The molecule has 1 aliphatic carbocycles. The summed E-state index contributed by atoms with van der Waals surface area (Å²) in [6, 6.07) is 10.7. The molecule has 0 spiro atoms. The average molecular weight is 239 g/mol. The molecule has 1 aliphatic heterocycles. The van der Waals surface area contributed by atoms with Gasteiger partial charge in [0.2, 0.25) is 5.39 Å². The van der Waals surface area contributed by atoms with Crippen LogP contribution in [0.3, 0.4) is 0 Å². The van der Waals surface area contributed by atoms with E-state index in [2.05, 4.69) is 9.96 Å². The van der Waals surface area contributed by atoms with E-state index >= 15 is 0 Å². The van der Waals surface area contributed by atoms with Gasteiger partial charge in [0.15, 0.2) is 4.98 Å². The Morgan fingerprint density at radius 2 is 2.06 bits per heavy atom. The molecule has 0 saturated carbocycles. The standard InChI is InChI=1S/C12H7N4S/c13-7-1-3-9-11(5-7)17-12-6-8(16-14)2-4-10(12)15-9/h1-6,13H/q+1. The Balaban J connectivity index is 2.42. The van der Waals surface area contributed by atoms with E-state index in [9.17, 15) is 0 Å². The second-order valence-corrected chi connectivity index (χ2v) is 4.73. The van der Waals surface area contributed by atoms with Crippen molar-refractivity contribution in [2.45, 2.75) is 0 Å². The normalized spacial score (nSPS) is 10.5. The maximum Gasteiger partial charge on any atom is 0.386 e. The van der Waals surface area contributed by atoms with E-state index in [1.54, 1.807) is 35.6 Å². The molecule has 0 unspecified atom stereocenters. The lowest BCUT2D eigenvalue weighted by atomic mass is 10.2. The fourth-order valence-electron chi connectivity index (χ4n) is 1.68. The van der Waals surface area contributed by atoms with E-state index in [1.165, 1.54) is 0 Å². The van der Waals surface area contributed by atoms with Crippen LogP contribution in [0.25, 0.3) is 25.8 Å². The first-order valence-corrected chi connectivity index (χ1v) is 5.82. The molecule has 0 atom stereocenters. The Bertz CT molecular complexity index is 785. The largest absolute Gasteiger partial charge is 0.386 e. The van der Waals surface area contributed by atoms with Crippen molar-refractivity contribution in [3.05, 3.63) is 46.7 Å². The van der Waals surface area contributed by atoms with Crippen molar-refractivity contribution in [2.24, 2.45) is 0 Å². The number of rotatable bonds is 0. The minimum absolute atomic E-state index is 0.470. The molecule has 0 radical (unpaired) electrons. The van der Waals surface area contributed by atoms with Crippen LogP contribution in [-0.4, -0.2) is 4.98 Å². The lowest BCUT2D eigenvalue weighted by Crippen LogP contribution is -1.98. The predicted molar refractivity (Wildman–Crippen MR) is 66.8 cm³/mol. The Morgan fingerprint density at radius 1 is 1.18 bits per heavy atom. The summed E-state index contributed by atoms with van der Waals surface area (Å²) in [6.45, 7) is 0. The van der Waals surface area contributed by atoms with Crippen molar-refractivity contribution in [1.29, 1.82) is 10.8 Å². The first kappa shape index (κ1) is 9.87. The van der Waals surface area contributed by atoms with Crippen LogP contribution in [0.1, 0.15) is 0 Å². The van der Waals surface area contributed by atoms with Gasteiger partial charge in [0.05, 0.1) is 32.2 Å². The van der Waals surface area contributed by atoms with Crippen molar-refractivity contribution in [1.82, 2.24) is 4.98 Å². The van der Waals surface area contributed by atoms with E-state index in [1.807, 2.05) is 12.1 Å². The van der Waals surface area contributed by atoms with E-state index in [0.29, 0.717) is 11.0 Å². The maximum absolute atomic E-state index is 8.73.